The van der Waals surface area contributed by atoms with E-state index in [9.17, 15) is 13.2 Å². The Bertz CT molecular complexity index is 410. The third-order valence-electron chi connectivity index (χ3n) is 2.07. The number of hydrogen-bond acceptors (Lipinski definition) is 3. The van der Waals surface area contributed by atoms with Crippen molar-refractivity contribution in [2.75, 3.05) is 6.54 Å². The van der Waals surface area contributed by atoms with Crippen molar-refractivity contribution in [2.45, 2.75) is 13.0 Å². The first-order chi connectivity index (χ1) is 8.04. The Morgan fingerprint density at radius 1 is 1.47 bits per heavy atom. The van der Waals surface area contributed by atoms with Gasteiger partial charge in [-0.2, -0.15) is 0 Å². The van der Waals surface area contributed by atoms with Crippen molar-refractivity contribution in [1.29, 1.82) is 0 Å². The number of oxime groups is 1. The fraction of sp³-hybridized carbons (Fsp3) is 0.300. The van der Waals surface area contributed by atoms with Gasteiger partial charge in [0.15, 0.2) is 5.84 Å². The van der Waals surface area contributed by atoms with Crippen LogP contribution in [-0.2, 0) is 6.54 Å². The van der Waals surface area contributed by atoms with Crippen molar-refractivity contribution in [3.63, 3.8) is 0 Å². The van der Waals surface area contributed by atoms with Crippen LogP contribution in [0.15, 0.2) is 23.4 Å². The van der Waals surface area contributed by atoms with Crippen LogP contribution in [0.1, 0.15) is 11.1 Å². The maximum atomic E-state index is 13.5. The average molecular weight is 247 g/mol. The molecule has 17 heavy (non-hydrogen) atoms. The zero-order chi connectivity index (χ0) is 12.8. The Morgan fingerprint density at radius 3 is 2.71 bits per heavy atom. The van der Waals surface area contributed by atoms with Crippen LogP contribution in [-0.4, -0.2) is 24.0 Å². The minimum Gasteiger partial charge on any atom is -0.409 e. The number of benzene rings is 1. The molecule has 0 saturated heterocycles. The van der Waals surface area contributed by atoms with Crippen molar-refractivity contribution in [1.82, 2.24) is 5.32 Å². The van der Waals surface area contributed by atoms with Crippen LogP contribution in [0.25, 0.3) is 0 Å². The first-order valence-electron chi connectivity index (χ1n) is 4.79. The van der Waals surface area contributed by atoms with Gasteiger partial charge in [-0.3, -0.25) is 0 Å². The number of nitrogens with one attached hydrogen (secondary N) is 1. The highest BCUT2D eigenvalue weighted by Gasteiger charge is 2.07. The highest BCUT2D eigenvalue weighted by molar-refractivity contribution is 5.97. The summed E-state index contributed by atoms with van der Waals surface area (Å²) in [5.41, 5.74) is 5.73. The molecule has 94 valence electrons. The molecule has 0 saturated carbocycles. The molecule has 0 amide bonds. The van der Waals surface area contributed by atoms with E-state index >= 15 is 0 Å². The second kappa shape index (κ2) is 6.09. The van der Waals surface area contributed by atoms with Crippen LogP contribution in [0.5, 0.6) is 0 Å². The van der Waals surface area contributed by atoms with Crippen molar-refractivity contribution in [2.24, 2.45) is 10.9 Å². The van der Waals surface area contributed by atoms with Gasteiger partial charge >= 0.3 is 0 Å². The molecule has 0 aliphatic heterocycles. The lowest BCUT2D eigenvalue weighted by molar-refractivity contribution is 0.145. The molecule has 0 aliphatic carbocycles. The predicted octanol–water partition coefficient (Wildman–Crippen LogP) is 1.27. The van der Waals surface area contributed by atoms with Crippen LogP contribution in [0, 0.1) is 5.82 Å². The molecule has 0 unspecified atom stereocenters. The Kier molecular flexibility index (Phi) is 4.77. The summed E-state index contributed by atoms with van der Waals surface area (Å²) in [6, 6.07) is 3.91. The van der Waals surface area contributed by atoms with E-state index in [1.807, 2.05) is 0 Å². The SMILES string of the molecule is N/C(=N/O)c1ccc(CNCC(F)F)c(F)c1. The smallest absolute Gasteiger partial charge is 0.250 e. The van der Waals surface area contributed by atoms with Gasteiger partial charge in [0, 0.05) is 17.7 Å². The lowest BCUT2D eigenvalue weighted by Crippen LogP contribution is -2.21. The quantitative estimate of drug-likeness (QED) is 0.317. The van der Waals surface area contributed by atoms with Gasteiger partial charge in [-0.05, 0) is 6.07 Å². The number of halogens is 3. The van der Waals surface area contributed by atoms with E-state index in [4.69, 9.17) is 10.9 Å². The largest absolute Gasteiger partial charge is 0.409 e. The molecule has 0 aliphatic rings. The Balaban J connectivity index is 2.70. The minimum absolute atomic E-state index is 0.00732. The third kappa shape index (κ3) is 3.95. The normalized spacial score (nSPS) is 12.1. The molecule has 0 bridgehead atoms. The molecule has 0 radical (unpaired) electrons. The highest BCUT2D eigenvalue weighted by atomic mass is 19.3. The summed E-state index contributed by atoms with van der Waals surface area (Å²) in [7, 11) is 0. The molecule has 0 heterocycles. The zero-order valence-corrected chi connectivity index (χ0v) is 8.83. The summed E-state index contributed by atoms with van der Waals surface area (Å²) in [5, 5.41) is 13.5. The van der Waals surface area contributed by atoms with Crippen molar-refractivity contribution in [3.05, 3.63) is 35.1 Å². The molecule has 0 aromatic heterocycles. The summed E-state index contributed by atoms with van der Waals surface area (Å²) in [6.45, 7) is -0.506. The molecule has 0 fully saturated rings. The Hall–Kier alpha value is -1.76. The molecule has 4 nitrogen and oxygen atoms in total. The molecular formula is C10H12F3N3O. The van der Waals surface area contributed by atoms with Crippen molar-refractivity contribution in [3.8, 4) is 0 Å². The number of nitrogens with zero attached hydrogens (tertiary/aromatic N) is 1. The van der Waals surface area contributed by atoms with E-state index in [2.05, 4.69) is 10.5 Å². The van der Waals surface area contributed by atoms with Gasteiger partial charge in [-0.15, -0.1) is 0 Å². The third-order valence-corrected chi connectivity index (χ3v) is 2.07. The maximum absolute atomic E-state index is 13.5. The van der Waals surface area contributed by atoms with Crippen LogP contribution < -0.4 is 11.1 Å². The Morgan fingerprint density at radius 2 is 2.18 bits per heavy atom. The van der Waals surface area contributed by atoms with Crippen LogP contribution in [0.4, 0.5) is 13.2 Å². The second-order valence-electron chi connectivity index (χ2n) is 3.31. The standard InChI is InChI=1S/C10H12F3N3O/c11-8-3-6(10(14)16-17)1-2-7(8)4-15-5-9(12)13/h1-3,9,15,17H,4-5H2,(H2,14,16). The average Bonchev–Trinajstić information content (AvgIpc) is 2.29. The van der Waals surface area contributed by atoms with Gasteiger partial charge in [0.25, 0.3) is 6.43 Å². The highest BCUT2D eigenvalue weighted by Crippen LogP contribution is 2.10. The molecule has 7 heteroatoms. The molecule has 1 aromatic carbocycles. The zero-order valence-electron chi connectivity index (χ0n) is 8.83. The number of rotatable bonds is 5. The summed E-state index contributed by atoms with van der Waals surface area (Å²) in [6.07, 6.45) is -2.48. The monoisotopic (exact) mass is 247 g/mol. The van der Waals surface area contributed by atoms with E-state index in [0.717, 1.165) is 6.07 Å². The summed E-state index contributed by atoms with van der Waals surface area (Å²) in [4.78, 5) is 0. The maximum Gasteiger partial charge on any atom is 0.250 e. The minimum atomic E-state index is -2.48. The number of hydrogen-bond donors (Lipinski definition) is 3. The first kappa shape index (κ1) is 13.3. The van der Waals surface area contributed by atoms with E-state index < -0.39 is 18.8 Å². The van der Waals surface area contributed by atoms with Crippen molar-refractivity contribution < 1.29 is 18.4 Å². The van der Waals surface area contributed by atoms with Crippen LogP contribution >= 0.6 is 0 Å². The summed E-state index contributed by atoms with van der Waals surface area (Å²) < 4.78 is 37.1. The van der Waals surface area contributed by atoms with Gasteiger partial charge in [-0.25, -0.2) is 13.2 Å². The number of nitrogens with two attached hydrogens (primary N) is 1. The first-order valence-corrected chi connectivity index (χ1v) is 4.79. The van der Waals surface area contributed by atoms with Gasteiger partial charge < -0.3 is 16.3 Å². The molecular weight excluding hydrogens is 235 g/mol. The summed E-state index contributed by atoms with van der Waals surface area (Å²) in [5.74, 6) is -0.813. The lowest BCUT2D eigenvalue weighted by atomic mass is 10.1. The molecule has 0 spiro atoms. The van der Waals surface area contributed by atoms with E-state index in [1.165, 1.54) is 12.1 Å². The molecule has 4 N–H and O–H groups in total. The van der Waals surface area contributed by atoms with Gasteiger partial charge in [0.2, 0.25) is 0 Å². The molecule has 1 rings (SSSR count). The van der Waals surface area contributed by atoms with E-state index in [0.29, 0.717) is 0 Å². The second-order valence-corrected chi connectivity index (χ2v) is 3.31. The van der Waals surface area contributed by atoms with E-state index in [1.54, 1.807) is 0 Å². The molecule has 1 aromatic rings. The Labute approximate surface area is 95.9 Å². The van der Waals surface area contributed by atoms with Crippen LogP contribution in [0.3, 0.4) is 0 Å². The van der Waals surface area contributed by atoms with Gasteiger partial charge in [0.1, 0.15) is 5.82 Å². The topological polar surface area (TPSA) is 70.6 Å². The fourth-order valence-electron chi connectivity index (χ4n) is 1.22. The molecule has 0 atom stereocenters. The predicted molar refractivity (Wildman–Crippen MR) is 56.6 cm³/mol. The lowest BCUT2D eigenvalue weighted by Gasteiger charge is -2.07. The van der Waals surface area contributed by atoms with Crippen molar-refractivity contribution >= 4 is 5.84 Å². The van der Waals surface area contributed by atoms with Gasteiger partial charge in [-0.1, -0.05) is 17.3 Å². The fourth-order valence-corrected chi connectivity index (χ4v) is 1.22. The van der Waals surface area contributed by atoms with E-state index in [-0.39, 0.29) is 23.5 Å². The summed E-state index contributed by atoms with van der Waals surface area (Å²) >= 11 is 0. The van der Waals surface area contributed by atoms with Crippen LogP contribution in [0.2, 0.25) is 0 Å². The van der Waals surface area contributed by atoms with Gasteiger partial charge in [0.05, 0.1) is 6.54 Å². The number of amidine groups is 1. The number of alkyl halides is 2.